The van der Waals surface area contributed by atoms with Crippen molar-refractivity contribution in [1.82, 2.24) is 10.5 Å². The number of rotatable bonds is 4. The zero-order valence-electron chi connectivity index (χ0n) is 10.2. The topological polar surface area (TPSA) is 38.1 Å². The average molecular weight is 269 g/mol. The van der Waals surface area contributed by atoms with E-state index in [0.29, 0.717) is 6.54 Å². The van der Waals surface area contributed by atoms with Gasteiger partial charge < -0.3 is 9.84 Å². The summed E-state index contributed by atoms with van der Waals surface area (Å²) in [4.78, 5) is 0. The Morgan fingerprint density at radius 2 is 2.22 bits per heavy atom. The summed E-state index contributed by atoms with van der Waals surface area (Å²) in [7, 11) is 0. The van der Waals surface area contributed by atoms with Crippen molar-refractivity contribution < 1.29 is 8.91 Å². The van der Waals surface area contributed by atoms with Gasteiger partial charge >= 0.3 is 0 Å². The van der Waals surface area contributed by atoms with Crippen LogP contribution < -0.4 is 5.32 Å². The highest BCUT2D eigenvalue weighted by atomic mass is 35.5. The summed E-state index contributed by atoms with van der Waals surface area (Å²) >= 11 is 5.75. The second-order valence-corrected chi connectivity index (χ2v) is 4.61. The summed E-state index contributed by atoms with van der Waals surface area (Å²) < 4.78 is 18.0. The summed E-state index contributed by atoms with van der Waals surface area (Å²) in [5.41, 5.74) is 1.77. The van der Waals surface area contributed by atoms with Crippen molar-refractivity contribution in [2.75, 3.05) is 0 Å². The standard InChI is InChI=1S/C13H14ClFN2O/c1-8-5-11(17-18-8)7-16-9(2)10-3-4-13(15)12(14)6-10/h3-6,9,16H,7H2,1-2H3. The fourth-order valence-corrected chi connectivity index (χ4v) is 1.85. The molecule has 0 aliphatic heterocycles. The first-order valence-corrected chi connectivity index (χ1v) is 6.04. The first-order chi connectivity index (χ1) is 8.56. The fraction of sp³-hybridized carbons (Fsp3) is 0.308. The number of nitrogens with one attached hydrogen (secondary N) is 1. The van der Waals surface area contributed by atoms with E-state index in [1.165, 1.54) is 6.07 Å². The minimum Gasteiger partial charge on any atom is -0.361 e. The van der Waals surface area contributed by atoms with Crippen LogP contribution in [-0.4, -0.2) is 5.16 Å². The molecule has 1 unspecified atom stereocenters. The molecule has 3 nitrogen and oxygen atoms in total. The highest BCUT2D eigenvalue weighted by Gasteiger charge is 2.09. The van der Waals surface area contributed by atoms with Gasteiger partial charge in [-0.2, -0.15) is 0 Å². The van der Waals surface area contributed by atoms with Crippen molar-refractivity contribution in [2.45, 2.75) is 26.4 Å². The molecule has 0 amide bonds. The Labute approximate surface area is 110 Å². The van der Waals surface area contributed by atoms with Crippen LogP contribution in [-0.2, 0) is 6.54 Å². The Morgan fingerprint density at radius 1 is 1.44 bits per heavy atom. The van der Waals surface area contributed by atoms with Gasteiger partial charge in [-0.3, -0.25) is 0 Å². The number of aryl methyl sites for hydroxylation is 1. The van der Waals surface area contributed by atoms with Crippen molar-refractivity contribution in [3.05, 3.63) is 52.1 Å². The molecule has 1 aromatic carbocycles. The Morgan fingerprint density at radius 3 is 2.83 bits per heavy atom. The lowest BCUT2D eigenvalue weighted by Gasteiger charge is -2.13. The highest BCUT2D eigenvalue weighted by molar-refractivity contribution is 6.30. The van der Waals surface area contributed by atoms with Gasteiger partial charge in [0.15, 0.2) is 0 Å². The number of hydrogen-bond donors (Lipinski definition) is 1. The number of aromatic nitrogens is 1. The fourth-order valence-electron chi connectivity index (χ4n) is 1.66. The quantitative estimate of drug-likeness (QED) is 0.920. The number of halogens is 2. The molecule has 18 heavy (non-hydrogen) atoms. The van der Waals surface area contributed by atoms with Crippen LogP contribution in [0.1, 0.15) is 30.0 Å². The van der Waals surface area contributed by atoms with Gasteiger partial charge in [0.1, 0.15) is 11.6 Å². The van der Waals surface area contributed by atoms with E-state index < -0.39 is 5.82 Å². The van der Waals surface area contributed by atoms with Gasteiger partial charge in [-0.1, -0.05) is 22.8 Å². The second-order valence-electron chi connectivity index (χ2n) is 4.21. The van der Waals surface area contributed by atoms with Gasteiger partial charge in [0.25, 0.3) is 0 Å². The van der Waals surface area contributed by atoms with Gasteiger partial charge in [-0.15, -0.1) is 0 Å². The van der Waals surface area contributed by atoms with E-state index in [-0.39, 0.29) is 11.1 Å². The molecule has 0 bridgehead atoms. The summed E-state index contributed by atoms with van der Waals surface area (Å²) in [6.45, 7) is 4.42. The SMILES string of the molecule is Cc1cc(CNC(C)c2ccc(F)c(Cl)c2)no1. The van der Waals surface area contributed by atoms with Crippen LogP contribution in [0, 0.1) is 12.7 Å². The number of hydrogen-bond acceptors (Lipinski definition) is 3. The lowest BCUT2D eigenvalue weighted by atomic mass is 10.1. The van der Waals surface area contributed by atoms with Crippen molar-refractivity contribution in [3.8, 4) is 0 Å². The molecule has 5 heteroatoms. The first-order valence-electron chi connectivity index (χ1n) is 5.67. The average Bonchev–Trinajstić information content (AvgIpc) is 2.75. The van der Waals surface area contributed by atoms with Crippen molar-refractivity contribution >= 4 is 11.6 Å². The van der Waals surface area contributed by atoms with Gasteiger partial charge in [0.05, 0.1) is 10.7 Å². The molecule has 0 spiro atoms. The predicted octanol–water partition coefficient (Wildman–Crippen LogP) is 3.63. The van der Waals surface area contributed by atoms with Gasteiger partial charge in [0.2, 0.25) is 0 Å². The van der Waals surface area contributed by atoms with E-state index in [2.05, 4.69) is 10.5 Å². The highest BCUT2D eigenvalue weighted by Crippen LogP contribution is 2.20. The van der Waals surface area contributed by atoms with E-state index in [1.54, 1.807) is 12.1 Å². The molecule has 2 rings (SSSR count). The van der Waals surface area contributed by atoms with Crippen LogP contribution in [0.5, 0.6) is 0 Å². The number of nitrogens with zero attached hydrogens (tertiary/aromatic N) is 1. The minimum absolute atomic E-state index is 0.0557. The van der Waals surface area contributed by atoms with Crippen LogP contribution in [0.3, 0.4) is 0 Å². The molecular formula is C13H14ClFN2O. The van der Waals surface area contributed by atoms with Crippen LogP contribution in [0.4, 0.5) is 4.39 Å². The molecule has 96 valence electrons. The normalized spacial score (nSPS) is 12.7. The lowest BCUT2D eigenvalue weighted by molar-refractivity contribution is 0.386. The number of benzene rings is 1. The van der Waals surface area contributed by atoms with E-state index in [1.807, 2.05) is 19.9 Å². The van der Waals surface area contributed by atoms with Crippen LogP contribution in [0.25, 0.3) is 0 Å². The van der Waals surface area contributed by atoms with Crippen LogP contribution >= 0.6 is 11.6 Å². The molecule has 2 aromatic rings. The summed E-state index contributed by atoms with van der Waals surface area (Å²) in [6, 6.07) is 6.64. The van der Waals surface area contributed by atoms with Gasteiger partial charge in [-0.25, -0.2) is 4.39 Å². The van der Waals surface area contributed by atoms with Gasteiger partial charge in [0, 0.05) is 18.7 Å². The Bertz CT molecular complexity index is 542. The third-order valence-corrected chi connectivity index (χ3v) is 3.00. The smallest absolute Gasteiger partial charge is 0.141 e. The van der Waals surface area contributed by atoms with E-state index in [4.69, 9.17) is 16.1 Å². The van der Waals surface area contributed by atoms with Crippen LogP contribution in [0.15, 0.2) is 28.8 Å². The monoisotopic (exact) mass is 268 g/mol. The minimum atomic E-state index is -0.403. The zero-order valence-corrected chi connectivity index (χ0v) is 11.0. The summed E-state index contributed by atoms with van der Waals surface area (Å²) in [6.07, 6.45) is 0. The maximum atomic E-state index is 13.0. The Hall–Kier alpha value is -1.39. The zero-order chi connectivity index (χ0) is 13.1. The van der Waals surface area contributed by atoms with Crippen molar-refractivity contribution in [2.24, 2.45) is 0 Å². The predicted molar refractivity (Wildman–Crippen MR) is 67.9 cm³/mol. The Balaban J connectivity index is 1.99. The summed E-state index contributed by atoms with van der Waals surface area (Å²) in [5, 5.41) is 7.30. The molecule has 0 saturated heterocycles. The lowest BCUT2D eigenvalue weighted by Crippen LogP contribution is -2.18. The molecule has 1 aromatic heterocycles. The van der Waals surface area contributed by atoms with Crippen molar-refractivity contribution in [1.29, 1.82) is 0 Å². The van der Waals surface area contributed by atoms with E-state index in [0.717, 1.165) is 17.0 Å². The molecule has 0 radical (unpaired) electrons. The largest absolute Gasteiger partial charge is 0.361 e. The van der Waals surface area contributed by atoms with Gasteiger partial charge in [-0.05, 0) is 31.5 Å². The van der Waals surface area contributed by atoms with E-state index >= 15 is 0 Å². The molecule has 1 atom stereocenters. The third kappa shape index (κ3) is 3.09. The molecule has 0 aliphatic rings. The molecule has 1 N–H and O–H groups in total. The molecule has 0 aliphatic carbocycles. The van der Waals surface area contributed by atoms with Crippen molar-refractivity contribution in [3.63, 3.8) is 0 Å². The van der Waals surface area contributed by atoms with Crippen LogP contribution in [0.2, 0.25) is 5.02 Å². The maximum Gasteiger partial charge on any atom is 0.141 e. The maximum absolute atomic E-state index is 13.0. The molecule has 0 saturated carbocycles. The molecule has 1 heterocycles. The Kier molecular flexibility index (Phi) is 3.99. The second kappa shape index (κ2) is 5.50. The van der Waals surface area contributed by atoms with E-state index in [9.17, 15) is 4.39 Å². The third-order valence-electron chi connectivity index (χ3n) is 2.71. The molecule has 0 fully saturated rings. The summed E-state index contributed by atoms with van der Waals surface area (Å²) in [5.74, 6) is 0.379. The molecular weight excluding hydrogens is 255 g/mol. The first kappa shape index (κ1) is 13.1.